The third-order valence-electron chi connectivity index (χ3n) is 4.56. The lowest BCUT2D eigenvalue weighted by Crippen LogP contribution is -2.40. The number of fused-ring (bicyclic) bond motifs is 1. The molecular weight excluding hydrogens is 292 g/mol. The van der Waals surface area contributed by atoms with Crippen LogP contribution in [0.2, 0.25) is 0 Å². The summed E-state index contributed by atoms with van der Waals surface area (Å²) in [7, 11) is 0. The third kappa shape index (κ3) is 3.84. The second kappa shape index (κ2) is 7.02. The van der Waals surface area contributed by atoms with Crippen molar-refractivity contribution in [3.63, 3.8) is 0 Å². The number of aryl methyl sites for hydroxylation is 1. The highest BCUT2D eigenvalue weighted by Crippen LogP contribution is 2.32. The predicted octanol–water partition coefficient (Wildman–Crippen LogP) is 2.56. The van der Waals surface area contributed by atoms with Gasteiger partial charge in [-0.25, -0.2) is 0 Å². The van der Waals surface area contributed by atoms with Crippen LogP contribution >= 0.6 is 0 Å². The minimum atomic E-state index is -0.0423. The summed E-state index contributed by atoms with van der Waals surface area (Å²) in [6.45, 7) is 2.62. The number of hydrogen-bond acceptors (Lipinski definition) is 3. The van der Waals surface area contributed by atoms with Crippen molar-refractivity contribution in [1.82, 2.24) is 5.32 Å². The van der Waals surface area contributed by atoms with Crippen molar-refractivity contribution < 1.29 is 14.3 Å². The van der Waals surface area contributed by atoms with E-state index in [1.807, 2.05) is 25.1 Å². The highest BCUT2D eigenvalue weighted by Gasteiger charge is 2.25. The van der Waals surface area contributed by atoms with Gasteiger partial charge in [0.05, 0.1) is 5.69 Å². The molecule has 1 saturated carbocycles. The molecule has 0 unspecified atom stereocenters. The van der Waals surface area contributed by atoms with Crippen molar-refractivity contribution in [3.8, 4) is 5.75 Å². The van der Waals surface area contributed by atoms with E-state index >= 15 is 0 Å². The van der Waals surface area contributed by atoms with E-state index in [4.69, 9.17) is 4.74 Å². The molecule has 124 valence electrons. The van der Waals surface area contributed by atoms with Gasteiger partial charge in [0.25, 0.3) is 5.91 Å². The molecule has 0 aromatic heterocycles. The monoisotopic (exact) mass is 316 g/mol. The molecule has 1 fully saturated rings. The Bertz CT molecular complexity index is 594. The number of hydrogen-bond donors (Lipinski definition) is 1. The molecular formula is C18H24N2O3. The summed E-state index contributed by atoms with van der Waals surface area (Å²) in [5, 5.41) is 3.09. The Morgan fingerprint density at radius 3 is 2.91 bits per heavy atom. The van der Waals surface area contributed by atoms with Crippen molar-refractivity contribution in [3.05, 3.63) is 23.8 Å². The molecule has 1 heterocycles. The quantitative estimate of drug-likeness (QED) is 0.908. The van der Waals surface area contributed by atoms with Gasteiger partial charge in [-0.3, -0.25) is 9.59 Å². The van der Waals surface area contributed by atoms with Crippen LogP contribution in [0.1, 0.15) is 44.1 Å². The lowest BCUT2D eigenvalue weighted by molar-refractivity contribution is -0.123. The van der Waals surface area contributed by atoms with Crippen LogP contribution < -0.4 is 15.0 Å². The topological polar surface area (TPSA) is 58.6 Å². The van der Waals surface area contributed by atoms with Crippen LogP contribution in [0.25, 0.3) is 0 Å². The number of nitrogens with zero attached hydrogens (tertiary/aromatic N) is 1. The lowest BCUT2D eigenvalue weighted by Gasteiger charge is -2.29. The largest absolute Gasteiger partial charge is 0.482 e. The Hall–Kier alpha value is -2.04. The Balaban J connectivity index is 1.54. The van der Waals surface area contributed by atoms with Gasteiger partial charge in [0.2, 0.25) is 5.91 Å². The maximum atomic E-state index is 12.1. The zero-order valence-electron chi connectivity index (χ0n) is 13.6. The van der Waals surface area contributed by atoms with E-state index < -0.39 is 0 Å². The maximum absolute atomic E-state index is 12.1. The van der Waals surface area contributed by atoms with Gasteiger partial charge in [-0.05, 0) is 43.9 Å². The van der Waals surface area contributed by atoms with E-state index in [1.165, 1.54) is 12.8 Å². The lowest BCUT2D eigenvalue weighted by atomic mass is 10.1. The standard InChI is InChI=1S/C18H24N2O3/c1-13-8-9-16-15(11-13)20(18(22)12-23-16)10-4-7-17(21)19-14-5-2-3-6-14/h8-9,11,14H,2-7,10,12H2,1H3,(H,19,21). The molecule has 0 radical (unpaired) electrons. The summed E-state index contributed by atoms with van der Waals surface area (Å²) in [5.74, 6) is 0.798. The van der Waals surface area contributed by atoms with E-state index in [9.17, 15) is 9.59 Å². The van der Waals surface area contributed by atoms with E-state index in [0.717, 1.165) is 29.8 Å². The molecule has 0 bridgehead atoms. The van der Waals surface area contributed by atoms with Crippen molar-refractivity contribution in [2.24, 2.45) is 0 Å². The molecule has 23 heavy (non-hydrogen) atoms. The fourth-order valence-corrected chi connectivity index (χ4v) is 3.33. The first-order chi connectivity index (χ1) is 11.1. The number of benzene rings is 1. The SMILES string of the molecule is Cc1ccc2c(c1)N(CCCC(=O)NC1CCCC1)C(=O)CO2. The molecule has 3 rings (SSSR count). The fourth-order valence-electron chi connectivity index (χ4n) is 3.33. The summed E-state index contributed by atoms with van der Waals surface area (Å²) < 4.78 is 5.47. The first-order valence-corrected chi connectivity index (χ1v) is 8.46. The molecule has 1 aromatic carbocycles. The molecule has 0 saturated heterocycles. The highest BCUT2D eigenvalue weighted by atomic mass is 16.5. The molecule has 5 nitrogen and oxygen atoms in total. The molecule has 0 atom stereocenters. The first-order valence-electron chi connectivity index (χ1n) is 8.46. The molecule has 1 aliphatic carbocycles. The van der Waals surface area contributed by atoms with Crippen molar-refractivity contribution in [2.45, 2.75) is 51.5 Å². The van der Waals surface area contributed by atoms with Gasteiger partial charge < -0.3 is 15.0 Å². The van der Waals surface area contributed by atoms with Crippen molar-refractivity contribution in [2.75, 3.05) is 18.1 Å². The number of carbonyl (C=O) groups excluding carboxylic acids is 2. The number of nitrogens with one attached hydrogen (secondary N) is 1. The molecule has 2 aliphatic rings. The average molecular weight is 316 g/mol. The van der Waals surface area contributed by atoms with Crippen LogP contribution in [-0.2, 0) is 9.59 Å². The fraction of sp³-hybridized carbons (Fsp3) is 0.556. The van der Waals surface area contributed by atoms with E-state index in [2.05, 4.69) is 5.32 Å². The van der Waals surface area contributed by atoms with Crippen LogP contribution in [-0.4, -0.2) is 31.0 Å². The molecule has 0 spiro atoms. The minimum Gasteiger partial charge on any atom is -0.482 e. The Kier molecular flexibility index (Phi) is 4.84. The van der Waals surface area contributed by atoms with Gasteiger partial charge >= 0.3 is 0 Å². The number of amides is 2. The maximum Gasteiger partial charge on any atom is 0.265 e. The van der Waals surface area contributed by atoms with Crippen LogP contribution in [0, 0.1) is 6.92 Å². The number of anilines is 1. The van der Waals surface area contributed by atoms with Gasteiger partial charge in [0, 0.05) is 19.0 Å². The predicted molar refractivity (Wildman–Crippen MR) is 88.7 cm³/mol. The first kappa shape index (κ1) is 15.8. The highest BCUT2D eigenvalue weighted by molar-refractivity contribution is 5.97. The molecule has 1 N–H and O–H groups in total. The second-order valence-corrected chi connectivity index (χ2v) is 6.46. The second-order valence-electron chi connectivity index (χ2n) is 6.46. The minimum absolute atomic E-state index is 0.0423. The molecule has 1 aliphatic heterocycles. The average Bonchev–Trinajstić information content (AvgIpc) is 3.02. The van der Waals surface area contributed by atoms with Crippen LogP contribution in [0.4, 0.5) is 5.69 Å². The van der Waals surface area contributed by atoms with Gasteiger partial charge in [-0.15, -0.1) is 0 Å². The van der Waals surface area contributed by atoms with Crippen molar-refractivity contribution in [1.29, 1.82) is 0 Å². The normalized spacial score (nSPS) is 17.8. The van der Waals surface area contributed by atoms with Gasteiger partial charge in [-0.2, -0.15) is 0 Å². The zero-order chi connectivity index (χ0) is 16.2. The van der Waals surface area contributed by atoms with Crippen molar-refractivity contribution >= 4 is 17.5 Å². The van der Waals surface area contributed by atoms with E-state index in [0.29, 0.717) is 25.4 Å². The van der Waals surface area contributed by atoms with Gasteiger partial charge in [0.1, 0.15) is 5.75 Å². The van der Waals surface area contributed by atoms with Crippen LogP contribution in [0.3, 0.4) is 0 Å². The third-order valence-corrected chi connectivity index (χ3v) is 4.56. The molecule has 5 heteroatoms. The zero-order valence-corrected chi connectivity index (χ0v) is 13.6. The summed E-state index contributed by atoms with van der Waals surface area (Å²) in [6.07, 6.45) is 5.74. The number of carbonyl (C=O) groups is 2. The van der Waals surface area contributed by atoms with Gasteiger partial charge in [0.15, 0.2) is 6.61 Å². The Labute approximate surface area is 137 Å². The smallest absolute Gasteiger partial charge is 0.265 e. The van der Waals surface area contributed by atoms with E-state index in [1.54, 1.807) is 4.90 Å². The summed E-state index contributed by atoms with van der Waals surface area (Å²) >= 11 is 0. The summed E-state index contributed by atoms with van der Waals surface area (Å²) in [5.41, 5.74) is 1.91. The Morgan fingerprint density at radius 1 is 1.35 bits per heavy atom. The van der Waals surface area contributed by atoms with Crippen LogP contribution in [0.15, 0.2) is 18.2 Å². The van der Waals surface area contributed by atoms with E-state index in [-0.39, 0.29) is 18.4 Å². The van der Waals surface area contributed by atoms with Gasteiger partial charge in [-0.1, -0.05) is 18.9 Å². The summed E-state index contributed by atoms with van der Waals surface area (Å²) in [4.78, 5) is 25.9. The summed E-state index contributed by atoms with van der Waals surface area (Å²) in [6, 6.07) is 6.19. The Morgan fingerprint density at radius 2 is 2.13 bits per heavy atom. The molecule has 1 aromatic rings. The van der Waals surface area contributed by atoms with Crippen LogP contribution in [0.5, 0.6) is 5.75 Å². The number of rotatable bonds is 5. The number of ether oxygens (including phenoxy) is 1. The molecule has 2 amide bonds.